The number of aryl methyl sites for hydroxylation is 1. The lowest BCUT2D eigenvalue weighted by atomic mass is 10.2. The molecule has 3 rings (SSSR count). The van der Waals surface area contributed by atoms with Gasteiger partial charge in [0.15, 0.2) is 11.5 Å². The Morgan fingerprint density at radius 3 is 2.57 bits per heavy atom. The summed E-state index contributed by atoms with van der Waals surface area (Å²) in [6, 6.07) is 12.2. The fourth-order valence-corrected chi connectivity index (χ4v) is 3.05. The van der Waals surface area contributed by atoms with Crippen LogP contribution in [0.1, 0.15) is 15.9 Å². The van der Waals surface area contributed by atoms with Gasteiger partial charge in [-0.1, -0.05) is 12.1 Å². The van der Waals surface area contributed by atoms with Crippen LogP contribution in [0.25, 0.3) is 0 Å². The quantitative estimate of drug-likeness (QED) is 0.638. The molecular formula is C19H19N3O5S. The summed E-state index contributed by atoms with van der Waals surface area (Å²) in [5.74, 6) is 0.110. The number of hydrazine groups is 1. The third kappa shape index (κ3) is 5.40. The van der Waals surface area contributed by atoms with E-state index in [1.165, 1.54) is 6.07 Å². The fraction of sp³-hybridized carbons (Fsp3) is 0.211. The van der Waals surface area contributed by atoms with Crippen molar-refractivity contribution in [3.63, 3.8) is 0 Å². The van der Waals surface area contributed by atoms with Crippen LogP contribution < -0.4 is 25.6 Å². The smallest absolute Gasteiger partial charge is 0.269 e. The van der Waals surface area contributed by atoms with E-state index in [0.717, 1.165) is 17.3 Å². The second kappa shape index (κ2) is 9.14. The van der Waals surface area contributed by atoms with E-state index in [1.54, 1.807) is 18.2 Å². The number of thioether (sulfide) groups is 1. The van der Waals surface area contributed by atoms with Crippen molar-refractivity contribution in [3.8, 4) is 11.5 Å². The molecule has 28 heavy (non-hydrogen) atoms. The Balaban J connectivity index is 1.36. The first-order valence-electron chi connectivity index (χ1n) is 8.44. The van der Waals surface area contributed by atoms with Gasteiger partial charge in [0.1, 0.15) is 0 Å². The van der Waals surface area contributed by atoms with Crippen molar-refractivity contribution in [1.82, 2.24) is 10.9 Å². The molecule has 1 aliphatic rings. The first-order valence-corrected chi connectivity index (χ1v) is 9.60. The van der Waals surface area contributed by atoms with Crippen molar-refractivity contribution in [2.75, 3.05) is 23.6 Å². The van der Waals surface area contributed by atoms with E-state index in [0.29, 0.717) is 22.7 Å². The molecule has 146 valence electrons. The zero-order valence-corrected chi connectivity index (χ0v) is 15.9. The number of anilines is 1. The number of hydrogen-bond donors (Lipinski definition) is 3. The van der Waals surface area contributed by atoms with Gasteiger partial charge in [-0.2, -0.15) is 0 Å². The summed E-state index contributed by atoms with van der Waals surface area (Å²) in [4.78, 5) is 35.8. The molecule has 0 saturated carbocycles. The van der Waals surface area contributed by atoms with Crippen LogP contribution in [0.3, 0.4) is 0 Å². The maximum absolute atomic E-state index is 12.1. The van der Waals surface area contributed by atoms with Crippen molar-refractivity contribution in [1.29, 1.82) is 0 Å². The van der Waals surface area contributed by atoms with Gasteiger partial charge in [-0.15, -0.1) is 11.8 Å². The predicted molar refractivity (Wildman–Crippen MR) is 105 cm³/mol. The third-order valence-corrected chi connectivity index (χ3v) is 4.65. The third-order valence-electron chi connectivity index (χ3n) is 3.72. The zero-order chi connectivity index (χ0) is 19.9. The number of nitrogens with one attached hydrogen (secondary N) is 3. The summed E-state index contributed by atoms with van der Waals surface area (Å²) in [6.45, 7) is 2.05. The molecule has 3 N–H and O–H groups in total. The number of carbonyl (C=O) groups is 3. The number of hydrogen-bond acceptors (Lipinski definition) is 6. The molecule has 0 aromatic heterocycles. The Morgan fingerprint density at radius 1 is 0.964 bits per heavy atom. The molecule has 0 saturated heterocycles. The zero-order valence-electron chi connectivity index (χ0n) is 15.1. The maximum atomic E-state index is 12.1. The van der Waals surface area contributed by atoms with E-state index in [1.807, 2.05) is 25.1 Å². The highest BCUT2D eigenvalue weighted by molar-refractivity contribution is 8.00. The van der Waals surface area contributed by atoms with Crippen LogP contribution in [0.2, 0.25) is 0 Å². The van der Waals surface area contributed by atoms with Crippen LogP contribution in [0, 0.1) is 6.92 Å². The molecule has 3 amide bonds. The van der Waals surface area contributed by atoms with Gasteiger partial charge < -0.3 is 14.8 Å². The molecule has 0 unspecified atom stereocenters. The monoisotopic (exact) mass is 401 g/mol. The summed E-state index contributed by atoms with van der Waals surface area (Å²) >= 11 is 1.14. The maximum Gasteiger partial charge on any atom is 0.269 e. The van der Waals surface area contributed by atoms with E-state index in [9.17, 15) is 14.4 Å². The highest BCUT2D eigenvalue weighted by Gasteiger charge is 2.16. The summed E-state index contributed by atoms with van der Waals surface area (Å²) in [7, 11) is 0. The highest BCUT2D eigenvalue weighted by atomic mass is 32.2. The predicted octanol–water partition coefficient (Wildman–Crippen LogP) is 1.86. The van der Waals surface area contributed by atoms with Crippen LogP contribution >= 0.6 is 11.8 Å². The average Bonchev–Trinajstić information content (AvgIpc) is 3.14. The highest BCUT2D eigenvalue weighted by Crippen LogP contribution is 2.32. The Labute approximate surface area is 165 Å². The van der Waals surface area contributed by atoms with Crippen LogP contribution in [-0.2, 0) is 9.59 Å². The first-order chi connectivity index (χ1) is 13.5. The molecule has 0 aliphatic carbocycles. The topological polar surface area (TPSA) is 106 Å². The summed E-state index contributed by atoms with van der Waals surface area (Å²) < 4.78 is 10.4. The summed E-state index contributed by atoms with van der Waals surface area (Å²) in [5, 5.41) is 2.77. The Hall–Kier alpha value is -3.20. The fourth-order valence-electron chi connectivity index (χ4n) is 2.43. The van der Waals surface area contributed by atoms with E-state index in [2.05, 4.69) is 16.2 Å². The van der Waals surface area contributed by atoms with Gasteiger partial charge in [-0.05, 0) is 42.8 Å². The van der Waals surface area contributed by atoms with Crippen molar-refractivity contribution in [2.45, 2.75) is 6.92 Å². The molecule has 2 aromatic carbocycles. The number of ether oxygens (including phenoxy) is 2. The number of benzene rings is 2. The molecule has 0 fully saturated rings. The molecular weight excluding hydrogens is 382 g/mol. The lowest BCUT2D eigenvalue weighted by Crippen LogP contribution is -2.42. The second-order valence-corrected chi connectivity index (χ2v) is 6.97. The van der Waals surface area contributed by atoms with E-state index >= 15 is 0 Å². The minimum Gasteiger partial charge on any atom is -0.454 e. The van der Waals surface area contributed by atoms with Gasteiger partial charge >= 0.3 is 0 Å². The van der Waals surface area contributed by atoms with Gasteiger partial charge in [-0.25, -0.2) is 0 Å². The Kier molecular flexibility index (Phi) is 6.38. The van der Waals surface area contributed by atoms with Crippen LogP contribution in [-0.4, -0.2) is 36.0 Å². The van der Waals surface area contributed by atoms with Crippen LogP contribution in [0.4, 0.5) is 5.69 Å². The van der Waals surface area contributed by atoms with Crippen LogP contribution in [0.15, 0.2) is 42.5 Å². The number of fused-ring (bicyclic) bond motifs is 1. The van der Waals surface area contributed by atoms with Crippen LogP contribution in [0.5, 0.6) is 11.5 Å². The van der Waals surface area contributed by atoms with E-state index in [-0.39, 0.29) is 24.2 Å². The summed E-state index contributed by atoms with van der Waals surface area (Å²) in [5.41, 5.74) is 6.73. The summed E-state index contributed by atoms with van der Waals surface area (Å²) in [6.07, 6.45) is 0. The molecule has 1 aliphatic heterocycles. The number of rotatable bonds is 6. The Morgan fingerprint density at radius 2 is 1.75 bits per heavy atom. The number of carbonyl (C=O) groups excluding carboxylic acids is 3. The standard InChI is InChI=1S/C19H19N3O5S/c1-12-3-2-4-14(7-12)20-17(23)9-28-10-18(24)21-22-19(25)13-5-6-15-16(8-13)27-11-26-15/h2-8H,9-11H2,1H3,(H,20,23)(H,21,24)(H,22,25). The molecule has 0 atom stereocenters. The Bertz CT molecular complexity index is 903. The molecule has 0 radical (unpaired) electrons. The molecule has 0 spiro atoms. The molecule has 0 bridgehead atoms. The minimum absolute atomic E-state index is 0.0304. The lowest BCUT2D eigenvalue weighted by molar-refractivity contribution is -0.119. The number of amides is 3. The van der Waals surface area contributed by atoms with Crippen molar-refractivity contribution >= 4 is 35.2 Å². The molecule has 1 heterocycles. The van der Waals surface area contributed by atoms with E-state index in [4.69, 9.17) is 9.47 Å². The van der Waals surface area contributed by atoms with Gasteiger partial charge in [0.25, 0.3) is 5.91 Å². The molecule has 9 heteroatoms. The second-order valence-electron chi connectivity index (χ2n) is 5.98. The average molecular weight is 401 g/mol. The first kappa shape index (κ1) is 19.6. The lowest BCUT2D eigenvalue weighted by Gasteiger charge is -2.08. The van der Waals surface area contributed by atoms with Gasteiger partial charge in [0.05, 0.1) is 11.5 Å². The SMILES string of the molecule is Cc1cccc(NC(=O)CSCC(=O)NNC(=O)c2ccc3c(c2)OCO3)c1. The normalized spacial score (nSPS) is 11.6. The van der Waals surface area contributed by atoms with Gasteiger partial charge in [0.2, 0.25) is 18.6 Å². The molecule has 2 aromatic rings. The van der Waals surface area contributed by atoms with Crippen molar-refractivity contribution in [2.24, 2.45) is 0 Å². The van der Waals surface area contributed by atoms with E-state index < -0.39 is 11.8 Å². The van der Waals surface area contributed by atoms with Crippen molar-refractivity contribution in [3.05, 3.63) is 53.6 Å². The van der Waals surface area contributed by atoms with Gasteiger partial charge in [0, 0.05) is 11.3 Å². The largest absolute Gasteiger partial charge is 0.454 e. The van der Waals surface area contributed by atoms with Crippen molar-refractivity contribution < 1.29 is 23.9 Å². The minimum atomic E-state index is -0.478. The van der Waals surface area contributed by atoms with Gasteiger partial charge in [-0.3, -0.25) is 25.2 Å². The molecule has 8 nitrogen and oxygen atoms in total.